The third-order valence-corrected chi connectivity index (χ3v) is 7.07. The van der Waals surface area contributed by atoms with Crippen LogP contribution in [0.3, 0.4) is 0 Å². The van der Waals surface area contributed by atoms with Crippen LogP contribution in [0, 0.1) is 11.7 Å². The van der Waals surface area contributed by atoms with E-state index in [1.54, 1.807) is 51.1 Å². The third-order valence-electron chi connectivity index (χ3n) is 6.04. The Kier molecular flexibility index (Phi) is 14.5. The Hall–Kier alpha value is -4.13. The Balaban J connectivity index is 2.08. The van der Waals surface area contributed by atoms with Crippen molar-refractivity contribution in [3.63, 3.8) is 0 Å². The lowest BCUT2D eigenvalue weighted by Gasteiger charge is -2.25. The number of ketones is 1. The minimum atomic E-state index is -1.31. The molecular weight excluding hydrogens is 582 g/mol. The van der Waals surface area contributed by atoms with Crippen molar-refractivity contribution in [3.8, 4) is 11.5 Å². The maximum Gasteiger partial charge on any atom is 0.343 e. The summed E-state index contributed by atoms with van der Waals surface area (Å²) in [4.78, 5) is 62.0. The minimum Gasteiger partial charge on any atom is -0.494 e. The van der Waals surface area contributed by atoms with E-state index in [0.717, 1.165) is 5.56 Å². The number of nitrogens with one attached hydrogen (secondary N) is 2. The lowest BCUT2D eigenvalue weighted by Crippen LogP contribution is -2.54. The van der Waals surface area contributed by atoms with Crippen LogP contribution in [0.5, 0.6) is 11.5 Å². The van der Waals surface area contributed by atoms with E-state index in [2.05, 4.69) is 15.4 Å². The topological polar surface area (TPSA) is 157 Å². The molecule has 3 N–H and O–H groups in total. The van der Waals surface area contributed by atoms with Crippen LogP contribution in [-0.4, -0.2) is 72.8 Å². The first-order valence-corrected chi connectivity index (χ1v) is 14.7. The predicted molar refractivity (Wildman–Crippen MR) is 157 cm³/mol. The number of carbonyl (C=O) groups excluding carboxylic acids is 4. The molecule has 2 rings (SSSR count). The average molecular weight is 620 g/mol. The molecule has 2 aromatic carbocycles. The molecule has 11 nitrogen and oxygen atoms in total. The summed E-state index contributed by atoms with van der Waals surface area (Å²) in [5.41, 5.74) is 1.23. The van der Waals surface area contributed by atoms with Gasteiger partial charge in [-0.1, -0.05) is 26.0 Å². The molecule has 0 saturated heterocycles. The molecule has 2 aromatic rings. The third kappa shape index (κ3) is 12.3. The number of esters is 1. The van der Waals surface area contributed by atoms with Crippen molar-refractivity contribution in [1.29, 1.82) is 0 Å². The van der Waals surface area contributed by atoms with Gasteiger partial charge in [0.1, 0.15) is 23.4 Å². The Morgan fingerprint density at radius 2 is 1.70 bits per heavy atom. The molecule has 0 bridgehead atoms. The number of aliphatic carboxylic acids is 1. The SMILES string of the molecule is CCOc1ccc(OCC(=O)OC)cc1CC(=O)N[C@H](C(=O)N[C@@H](CC(=O)O)C(=O)CSCc1ccc([18F])cc1)C(C)C. The average Bonchev–Trinajstić information content (AvgIpc) is 2.96. The van der Waals surface area contributed by atoms with Crippen molar-refractivity contribution in [3.05, 3.63) is 59.4 Å². The zero-order valence-electron chi connectivity index (χ0n) is 24.5. The second-order valence-corrected chi connectivity index (χ2v) is 10.8. The first-order chi connectivity index (χ1) is 20.4. The number of hydrogen-bond acceptors (Lipinski definition) is 9. The van der Waals surface area contributed by atoms with Crippen molar-refractivity contribution in [2.45, 2.75) is 51.4 Å². The zero-order chi connectivity index (χ0) is 31.9. The quantitative estimate of drug-likeness (QED) is 0.212. The van der Waals surface area contributed by atoms with Crippen molar-refractivity contribution in [1.82, 2.24) is 10.6 Å². The number of benzene rings is 2. The van der Waals surface area contributed by atoms with Crippen molar-refractivity contribution in [2.75, 3.05) is 26.1 Å². The molecule has 0 spiro atoms. The van der Waals surface area contributed by atoms with Crippen LogP contribution in [0.4, 0.5) is 4.39 Å². The van der Waals surface area contributed by atoms with E-state index < -0.39 is 54.0 Å². The minimum absolute atomic E-state index is 0.0805. The number of Topliss-reactive ketones (excluding diaryl/α,β-unsaturated/α-hetero) is 1. The fourth-order valence-electron chi connectivity index (χ4n) is 3.85. The standard InChI is InChI=1S/C30H37FN2O9S/c1-5-41-25-11-10-22(42-15-28(38)40-4)12-20(25)13-26(35)33-29(18(2)3)30(39)32-23(14-27(36)37)24(34)17-43-16-19-6-8-21(31)9-7-19/h6-12,18,23,29H,5,13-17H2,1-4H3,(H,32,39)(H,33,35)(H,36,37)/t23-,29-/m0/s1/i31-1. The summed E-state index contributed by atoms with van der Waals surface area (Å²) in [5, 5.41) is 14.5. The molecule has 0 radical (unpaired) electrons. The second-order valence-electron chi connectivity index (χ2n) is 9.78. The predicted octanol–water partition coefficient (Wildman–Crippen LogP) is 2.92. The maximum atomic E-state index is 13.2. The van der Waals surface area contributed by atoms with Gasteiger partial charge in [0, 0.05) is 11.3 Å². The number of carboxylic acids is 1. The number of amides is 2. The Bertz CT molecular complexity index is 1270. The summed E-state index contributed by atoms with van der Waals surface area (Å²) in [6, 6.07) is 8.12. The molecule has 2 amide bonds. The molecule has 0 aliphatic heterocycles. The van der Waals surface area contributed by atoms with Gasteiger partial charge in [0.05, 0.1) is 38.4 Å². The van der Waals surface area contributed by atoms with Gasteiger partial charge in [-0.05, 0) is 48.7 Å². The van der Waals surface area contributed by atoms with E-state index in [0.29, 0.717) is 29.4 Å². The van der Waals surface area contributed by atoms with E-state index in [4.69, 9.17) is 9.47 Å². The Morgan fingerprint density at radius 3 is 2.30 bits per heavy atom. The highest BCUT2D eigenvalue weighted by atomic mass is 32.2. The number of carboxylic acid groups (broad SMARTS) is 1. The van der Waals surface area contributed by atoms with E-state index in [9.17, 15) is 33.5 Å². The van der Waals surface area contributed by atoms with Gasteiger partial charge < -0.3 is 30.0 Å². The molecule has 0 aliphatic carbocycles. The molecule has 43 heavy (non-hydrogen) atoms. The summed E-state index contributed by atoms with van der Waals surface area (Å²) in [6.07, 6.45) is -0.824. The molecule has 0 heterocycles. The van der Waals surface area contributed by atoms with Gasteiger partial charge >= 0.3 is 11.9 Å². The lowest BCUT2D eigenvalue weighted by molar-refractivity contribution is -0.143. The number of halogens is 1. The Labute approximate surface area is 253 Å². The van der Waals surface area contributed by atoms with E-state index >= 15 is 0 Å². The number of methoxy groups -OCH3 is 1. The summed E-state index contributed by atoms with van der Waals surface area (Å²) in [6.45, 7) is 5.18. The number of carbonyl (C=O) groups is 5. The van der Waals surface area contributed by atoms with Crippen LogP contribution in [0.15, 0.2) is 42.5 Å². The number of thioether (sulfide) groups is 1. The van der Waals surface area contributed by atoms with Crippen LogP contribution in [-0.2, 0) is 40.9 Å². The van der Waals surface area contributed by atoms with Crippen LogP contribution >= 0.6 is 11.8 Å². The number of ether oxygens (including phenoxy) is 3. The zero-order valence-corrected chi connectivity index (χ0v) is 25.3. The molecule has 0 aliphatic rings. The summed E-state index contributed by atoms with van der Waals surface area (Å²) < 4.78 is 28.7. The normalized spacial score (nSPS) is 12.1. The van der Waals surface area contributed by atoms with Crippen LogP contribution in [0.2, 0.25) is 0 Å². The van der Waals surface area contributed by atoms with Crippen molar-refractivity contribution < 1.29 is 47.7 Å². The molecule has 234 valence electrons. The fraction of sp³-hybridized carbons (Fsp3) is 0.433. The summed E-state index contributed by atoms with van der Waals surface area (Å²) in [7, 11) is 1.23. The second kappa shape index (κ2) is 17.7. The van der Waals surface area contributed by atoms with Gasteiger partial charge in [-0.15, -0.1) is 11.8 Å². The summed E-state index contributed by atoms with van der Waals surface area (Å²) in [5.74, 6) is -3.33. The molecule has 13 heteroatoms. The largest absolute Gasteiger partial charge is 0.494 e. The lowest BCUT2D eigenvalue weighted by atomic mass is 10.0. The molecule has 0 fully saturated rings. The first kappa shape index (κ1) is 35.1. The summed E-state index contributed by atoms with van der Waals surface area (Å²) >= 11 is 1.21. The fourth-order valence-corrected chi connectivity index (χ4v) is 4.78. The van der Waals surface area contributed by atoms with Gasteiger partial charge in [-0.3, -0.25) is 19.2 Å². The van der Waals surface area contributed by atoms with Crippen molar-refractivity contribution in [2.24, 2.45) is 5.92 Å². The molecule has 0 unspecified atom stereocenters. The van der Waals surface area contributed by atoms with Crippen LogP contribution in [0.1, 0.15) is 38.3 Å². The molecule has 2 atom stereocenters. The maximum absolute atomic E-state index is 13.2. The van der Waals surface area contributed by atoms with Gasteiger partial charge in [0.2, 0.25) is 11.8 Å². The smallest absolute Gasteiger partial charge is 0.343 e. The van der Waals surface area contributed by atoms with Crippen molar-refractivity contribution >= 4 is 41.3 Å². The van der Waals surface area contributed by atoms with Crippen LogP contribution < -0.4 is 20.1 Å². The highest BCUT2D eigenvalue weighted by Crippen LogP contribution is 2.25. The van der Waals surface area contributed by atoms with E-state index in [-0.39, 0.29) is 24.6 Å². The first-order valence-electron chi connectivity index (χ1n) is 13.5. The number of hydrogen-bond donors (Lipinski definition) is 3. The molecule has 0 aromatic heterocycles. The molecule has 0 saturated carbocycles. The highest BCUT2D eigenvalue weighted by Gasteiger charge is 2.30. The monoisotopic (exact) mass is 619 g/mol. The molecular formula is C30H37FN2O9S. The number of rotatable bonds is 18. The Morgan fingerprint density at radius 1 is 1.00 bits per heavy atom. The van der Waals surface area contributed by atoms with Gasteiger partial charge in [0.25, 0.3) is 0 Å². The van der Waals surface area contributed by atoms with Gasteiger partial charge in [0.15, 0.2) is 12.4 Å². The van der Waals surface area contributed by atoms with E-state index in [1.165, 1.54) is 31.0 Å². The van der Waals surface area contributed by atoms with Gasteiger partial charge in [-0.2, -0.15) is 0 Å². The highest BCUT2D eigenvalue weighted by molar-refractivity contribution is 7.99. The van der Waals surface area contributed by atoms with E-state index in [1.807, 2.05) is 0 Å². The van der Waals surface area contributed by atoms with Crippen LogP contribution in [0.25, 0.3) is 0 Å². The van der Waals surface area contributed by atoms with Gasteiger partial charge in [-0.25, -0.2) is 9.18 Å².